The van der Waals surface area contributed by atoms with E-state index in [-0.39, 0.29) is 11.1 Å². The Morgan fingerprint density at radius 2 is 1.35 bits per heavy atom. The van der Waals surface area contributed by atoms with E-state index in [0.717, 1.165) is 6.42 Å². The second kappa shape index (κ2) is 7.27. The monoisotopic (exact) mass is 282 g/mol. The van der Waals surface area contributed by atoms with Gasteiger partial charge in [0.1, 0.15) is 0 Å². The molecule has 0 aliphatic heterocycles. The largest absolute Gasteiger partial charge is 0.421 e. The van der Waals surface area contributed by atoms with Crippen molar-refractivity contribution in [2.24, 2.45) is 11.3 Å². The Hall–Kier alpha value is -1.58. The molecule has 0 aromatic rings. The van der Waals surface area contributed by atoms with Crippen LogP contribution in [0.3, 0.4) is 0 Å². The van der Waals surface area contributed by atoms with Crippen LogP contribution in [0.15, 0.2) is 24.3 Å². The standard InChI is InChI=1S/C16H26O4/c1-10(2)9-16(7,8)15(19-13(17)11(3)4)20-14(18)12(5)6/h10,15H,3,5,9H2,1-2,4,6-8H3. The maximum Gasteiger partial charge on any atom is 0.336 e. The Labute approximate surface area is 121 Å². The van der Waals surface area contributed by atoms with Crippen molar-refractivity contribution >= 4 is 11.9 Å². The third-order valence-corrected chi connectivity index (χ3v) is 2.70. The third kappa shape index (κ3) is 6.04. The van der Waals surface area contributed by atoms with Crippen molar-refractivity contribution in [3.05, 3.63) is 24.3 Å². The summed E-state index contributed by atoms with van der Waals surface area (Å²) in [5, 5.41) is 0. The fourth-order valence-electron chi connectivity index (χ4n) is 1.89. The molecule has 0 spiro atoms. The summed E-state index contributed by atoms with van der Waals surface area (Å²) in [6.45, 7) is 18.1. The molecule has 0 unspecified atom stereocenters. The van der Waals surface area contributed by atoms with Gasteiger partial charge in [0.05, 0.1) is 0 Å². The van der Waals surface area contributed by atoms with Gasteiger partial charge in [-0.25, -0.2) is 9.59 Å². The van der Waals surface area contributed by atoms with E-state index in [9.17, 15) is 9.59 Å². The van der Waals surface area contributed by atoms with E-state index in [1.165, 1.54) is 0 Å². The van der Waals surface area contributed by atoms with Crippen molar-refractivity contribution in [2.75, 3.05) is 0 Å². The summed E-state index contributed by atoms with van der Waals surface area (Å²) < 4.78 is 10.6. The fraction of sp³-hybridized carbons (Fsp3) is 0.625. The lowest BCUT2D eigenvalue weighted by Gasteiger charge is -2.34. The van der Waals surface area contributed by atoms with E-state index in [0.29, 0.717) is 5.92 Å². The second-order valence-electron chi connectivity index (χ2n) is 6.29. The van der Waals surface area contributed by atoms with Crippen molar-refractivity contribution in [3.63, 3.8) is 0 Å². The van der Waals surface area contributed by atoms with Gasteiger partial charge in [-0.2, -0.15) is 0 Å². The predicted molar refractivity (Wildman–Crippen MR) is 78.8 cm³/mol. The summed E-state index contributed by atoms with van der Waals surface area (Å²) >= 11 is 0. The van der Waals surface area contributed by atoms with Crippen LogP contribution in [-0.4, -0.2) is 18.2 Å². The van der Waals surface area contributed by atoms with Crippen molar-refractivity contribution in [1.29, 1.82) is 0 Å². The van der Waals surface area contributed by atoms with Crippen molar-refractivity contribution in [3.8, 4) is 0 Å². The summed E-state index contributed by atoms with van der Waals surface area (Å²) in [5.74, 6) is -0.762. The number of hydrogen-bond acceptors (Lipinski definition) is 4. The zero-order chi connectivity index (χ0) is 16.1. The van der Waals surface area contributed by atoms with Crippen LogP contribution in [0.4, 0.5) is 0 Å². The van der Waals surface area contributed by atoms with Gasteiger partial charge in [0, 0.05) is 16.6 Å². The van der Waals surface area contributed by atoms with E-state index in [1.807, 2.05) is 13.8 Å². The lowest BCUT2D eigenvalue weighted by molar-refractivity contribution is -0.206. The normalized spacial score (nSPS) is 11.4. The van der Waals surface area contributed by atoms with Crippen LogP contribution in [0, 0.1) is 11.3 Å². The van der Waals surface area contributed by atoms with E-state index in [4.69, 9.17) is 9.47 Å². The van der Waals surface area contributed by atoms with Crippen molar-refractivity contribution < 1.29 is 19.1 Å². The summed E-state index contributed by atoms with van der Waals surface area (Å²) in [6.07, 6.45) is -0.219. The van der Waals surface area contributed by atoms with Crippen molar-refractivity contribution in [2.45, 2.75) is 54.3 Å². The lowest BCUT2D eigenvalue weighted by Crippen LogP contribution is -2.39. The third-order valence-electron chi connectivity index (χ3n) is 2.70. The first-order valence-corrected chi connectivity index (χ1v) is 6.70. The first-order valence-electron chi connectivity index (χ1n) is 6.70. The molecule has 0 atom stereocenters. The fourth-order valence-corrected chi connectivity index (χ4v) is 1.89. The van der Waals surface area contributed by atoms with Gasteiger partial charge >= 0.3 is 11.9 Å². The zero-order valence-corrected chi connectivity index (χ0v) is 13.4. The van der Waals surface area contributed by atoms with Gasteiger partial charge in [-0.3, -0.25) is 0 Å². The van der Waals surface area contributed by atoms with Gasteiger partial charge < -0.3 is 9.47 Å². The Morgan fingerprint density at radius 1 is 1.00 bits per heavy atom. The molecule has 0 aromatic heterocycles. The van der Waals surface area contributed by atoms with Gasteiger partial charge in [-0.05, 0) is 26.2 Å². The first kappa shape index (κ1) is 18.4. The van der Waals surface area contributed by atoms with Gasteiger partial charge in [-0.1, -0.05) is 40.9 Å². The molecule has 114 valence electrons. The van der Waals surface area contributed by atoms with Crippen LogP contribution >= 0.6 is 0 Å². The summed E-state index contributed by atoms with van der Waals surface area (Å²) in [6, 6.07) is 0. The molecule has 0 amide bonds. The van der Waals surface area contributed by atoms with Crippen LogP contribution < -0.4 is 0 Å². The van der Waals surface area contributed by atoms with Crippen LogP contribution in [0.25, 0.3) is 0 Å². The minimum absolute atomic E-state index is 0.265. The second-order valence-corrected chi connectivity index (χ2v) is 6.29. The van der Waals surface area contributed by atoms with E-state index in [2.05, 4.69) is 27.0 Å². The average molecular weight is 282 g/mol. The quantitative estimate of drug-likeness (QED) is 0.406. The number of carbonyl (C=O) groups is 2. The maximum atomic E-state index is 11.7. The van der Waals surface area contributed by atoms with E-state index >= 15 is 0 Å². The molecule has 0 aliphatic rings. The Bertz CT molecular complexity index is 377. The smallest absolute Gasteiger partial charge is 0.336 e. The molecule has 0 N–H and O–H groups in total. The molecule has 0 heterocycles. The minimum Gasteiger partial charge on any atom is -0.421 e. The number of esters is 2. The van der Waals surface area contributed by atoms with Crippen molar-refractivity contribution in [1.82, 2.24) is 0 Å². The Balaban J connectivity index is 5.14. The average Bonchev–Trinajstić information content (AvgIpc) is 2.25. The number of carbonyl (C=O) groups excluding carboxylic acids is 2. The lowest BCUT2D eigenvalue weighted by atomic mass is 9.83. The molecule has 0 saturated carbocycles. The van der Waals surface area contributed by atoms with Gasteiger partial charge in [-0.15, -0.1) is 0 Å². The molecule has 0 bridgehead atoms. The molecular weight excluding hydrogens is 256 g/mol. The van der Waals surface area contributed by atoms with Crippen LogP contribution in [0.2, 0.25) is 0 Å². The van der Waals surface area contributed by atoms with E-state index in [1.54, 1.807) is 13.8 Å². The highest BCUT2D eigenvalue weighted by Crippen LogP contribution is 2.33. The molecule has 4 heteroatoms. The number of rotatable bonds is 7. The zero-order valence-electron chi connectivity index (χ0n) is 13.4. The molecular formula is C16H26O4. The van der Waals surface area contributed by atoms with Gasteiger partial charge in [0.25, 0.3) is 6.29 Å². The van der Waals surface area contributed by atoms with Gasteiger partial charge in [0.15, 0.2) is 0 Å². The molecule has 0 aromatic carbocycles. The highest BCUT2D eigenvalue weighted by molar-refractivity contribution is 5.88. The van der Waals surface area contributed by atoms with Crippen LogP contribution in [0.5, 0.6) is 0 Å². The SMILES string of the molecule is C=C(C)C(=O)OC(OC(=O)C(=C)C)C(C)(C)CC(C)C. The number of hydrogen-bond donors (Lipinski definition) is 0. The molecule has 0 fully saturated rings. The molecule has 0 saturated heterocycles. The first-order chi connectivity index (χ1) is 8.97. The Morgan fingerprint density at radius 3 is 1.60 bits per heavy atom. The summed E-state index contributed by atoms with van der Waals surface area (Å²) in [4.78, 5) is 23.4. The molecule has 0 aliphatic carbocycles. The topological polar surface area (TPSA) is 52.6 Å². The minimum atomic E-state index is -0.960. The summed E-state index contributed by atoms with van der Waals surface area (Å²) in [5.41, 5.74) is 0.0353. The Kier molecular flexibility index (Phi) is 6.69. The maximum absolute atomic E-state index is 11.7. The molecule has 0 radical (unpaired) electrons. The van der Waals surface area contributed by atoms with E-state index < -0.39 is 23.6 Å². The molecule has 20 heavy (non-hydrogen) atoms. The highest BCUT2D eigenvalue weighted by atomic mass is 16.7. The molecule has 0 rings (SSSR count). The number of ether oxygens (including phenoxy) is 2. The van der Waals surface area contributed by atoms with Crippen LogP contribution in [0.1, 0.15) is 48.0 Å². The van der Waals surface area contributed by atoms with Gasteiger partial charge in [0.2, 0.25) is 0 Å². The summed E-state index contributed by atoms with van der Waals surface area (Å²) in [7, 11) is 0. The van der Waals surface area contributed by atoms with Crippen LogP contribution in [-0.2, 0) is 19.1 Å². The predicted octanol–water partition coefficient (Wildman–Crippen LogP) is 3.62. The molecule has 4 nitrogen and oxygen atoms in total. The highest BCUT2D eigenvalue weighted by Gasteiger charge is 2.37.